The number of aromatic nitrogens is 2. The summed E-state index contributed by atoms with van der Waals surface area (Å²) in [7, 11) is 1.58. The molecule has 1 aromatic carbocycles. The zero-order valence-electron chi connectivity index (χ0n) is 14.0. The average molecular weight is 365 g/mol. The minimum absolute atomic E-state index is 0.180. The third-order valence-corrected chi connectivity index (χ3v) is 3.80. The predicted molar refractivity (Wildman–Crippen MR) is 98.4 cm³/mol. The number of hydrogen-bond donors (Lipinski definition) is 4. The standard InChI is InChI=1S/C16H21ClN6O2/c1-9-5-11(3-4-13(9)17)22-15-12(14(19)24)7-21-16(23-15)20-6-10(18)8-25-2/h3-5,7,10H,6,8,18H2,1-2H3,(H2,19,24)(H2,20,21,22,23)/t10-/m1/s1. The van der Waals surface area contributed by atoms with E-state index in [0.29, 0.717) is 29.9 Å². The number of primary amides is 1. The van der Waals surface area contributed by atoms with Crippen molar-refractivity contribution in [3.05, 3.63) is 40.5 Å². The molecule has 0 spiro atoms. The van der Waals surface area contributed by atoms with Gasteiger partial charge in [-0.1, -0.05) is 11.6 Å². The van der Waals surface area contributed by atoms with E-state index in [1.54, 1.807) is 19.2 Å². The number of nitrogens with two attached hydrogens (primary N) is 2. The maximum atomic E-state index is 11.6. The van der Waals surface area contributed by atoms with Crippen molar-refractivity contribution in [2.24, 2.45) is 11.5 Å². The topological polar surface area (TPSA) is 128 Å². The molecule has 0 saturated carbocycles. The van der Waals surface area contributed by atoms with Crippen LogP contribution in [-0.4, -0.2) is 42.2 Å². The molecule has 0 unspecified atom stereocenters. The Morgan fingerprint density at radius 3 is 2.84 bits per heavy atom. The molecule has 9 heteroatoms. The van der Waals surface area contributed by atoms with Crippen LogP contribution in [0, 0.1) is 6.92 Å². The van der Waals surface area contributed by atoms with Gasteiger partial charge >= 0.3 is 0 Å². The molecule has 2 aromatic rings. The van der Waals surface area contributed by atoms with E-state index in [2.05, 4.69) is 20.6 Å². The highest BCUT2D eigenvalue weighted by atomic mass is 35.5. The summed E-state index contributed by atoms with van der Waals surface area (Å²) in [6, 6.07) is 5.17. The number of benzene rings is 1. The number of halogens is 1. The van der Waals surface area contributed by atoms with Gasteiger partial charge in [0.2, 0.25) is 5.95 Å². The summed E-state index contributed by atoms with van der Waals surface area (Å²) in [5.74, 6) is -0.00686. The average Bonchev–Trinajstić information content (AvgIpc) is 2.56. The fraction of sp³-hybridized carbons (Fsp3) is 0.312. The smallest absolute Gasteiger partial charge is 0.254 e. The monoisotopic (exact) mass is 364 g/mol. The summed E-state index contributed by atoms with van der Waals surface area (Å²) >= 11 is 6.03. The Hall–Kier alpha value is -2.42. The van der Waals surface area contributed by atoms with Gasteiger partial charge in [-0.05, 0) is 30.7 Å². The maximum absolute atomic E-state index is 11.6. The van der Waals surface area contributed by atoms with Crippen LogP contribution in [0.15, 0.2) is 24.4 Å². The van der Waals surface area contributed by atoms with Gasteiger partial charge in [-0.25, -0.2) is 4.98 Å². The van der Waals surface area contributed by atoms with Crippen molar-refractivity contribution in [2.45, 2.75) is 13.0 Å². The summed E-state index contributed by atoms with van der Waals surface area (Å²) in [6.07, 6.45) is 1.37. The van der Waals surface area contributed by atoms with Crippen LogP contribution < -0.4 is 22.1 Å². The van der Waals surface area contributed by atoms with E-state index < -0.39 is 5.91 Å². The fourth-order valence-electron chi connectivity index (χ4n) is 2.10. The molecule has 1 atom stereocenters. The zero-order valence-corrected chi connectivity index (χ0v) is 14.8. The number of carbonyl (C=O) groups is 1. The van der Waals surface area contributed by atoms with Gasteiger partial charge in [-0.2, -0.15) is 4.98 Å². The molecule has 8 nitrogen and oxygen atoms in total. The molecule has 0 aliphatic heterocycles. The molecule has 0 saturated heterocycles. The second kappa shape index (κ2) is 8.61. The van der Waals surface area contributed by atoms with Gasteiger partial charge in [-0.3, -0.25) is 4.79 Å². The lowest BCUT2D eigenvalue weighted by Crippen LogP contribution is -2.33. The Labute approximate surface area is 150 Å². The summed E-state index contributed by atoms with van der Waals surface area (Å²) < 4.78 is 4.98. The van der Waals surface area contributed by atoms with Crippen LogP contribution in [0.1, 0.15) is 15.9 Å². The van der Waals surface area contributed by atoms with Gasteiger partial charge in [0.05, 0.1) is 6.61 Å². The molecule has 25 heavy (non-hydrogen) atoms. The number of amides is 1. The van der Waals surface area contributed by atoms with Crippen LogP contribution in [0.4, 0.5) is 17.5 Å². The molecule has 1 aromatic heterocycles. The fourth-order valence-corrected chi connectivity index (χ4v) is 2.21. The lowest BCUT2D eigenvalue weighted by Gasteiger charge is -2.14. The van der Waals surface area contributed by atoms with Crippen LogP contribution >= 0.6 is 11.6 Å². The highest BCUT2D eigenvalue weighted by molar-refractivity contribution is 6.31. The number of anilines is 3. The quantitative estimate of drug-likeness (QED) is 0.560. The van der Waals surface area contributed by atoms with Crippen LogP contribution in [0.3, 0.4) is 0 Å². The second-order valence-electron chi connectivity index (χ2n) is 5.51. The lowest BCUT2D eigenvalue weighted by atomic mass is 10.2. The Kier molecular flexibility index (Phi) is 6.51. The first kappa shape index (κ1) is 18.9. The van der Waals surface area contributed by atoms with E-state index in [1.165, 1.54) is 6.20 Å². The number of methoxy groups -OCH3 is 1. The highest BCUT2D eigenvalue weighted by Crippen LogP contribution is 2.24. The largest absolute Gasteiger partial charge is 0.383 e. The Balaban J connectivity index is 2.22. The van der Waals surface area contributed by atoms with Crippen molar-refractivity contribution >= 4 is 35.0 Å². The van der Waals surface area contributed by atoms with Crippen LogP contribution in [0.2, 0.25) is 5.02 Å². The third-order valence-electron chi connectivity index (χ3n) is 3.38. The minimum atomic E-state index is -0.629. The van der Waals surface area contributed by atoms with Crippen molar-refractivity contribution in [2.75, 3.05) is 30.9 Å². The number of nitrogens with one attached hydrogen (secondary N) is 2. The molecule has 0 fully saturated rings. The minimum Gasteiger partial charge on any atom is -0.383 e. The van der Waals surface area contributed by atoms with Crippen LogP contribution in [0.5, 0.6) is 0 Å². The lowest BCUT2D eigenvalue weighted by molar-refractivity contribution is 0.100. The molecule has 6 N–H and O–H groups in total. The molecule has 0 aliphatic rings. The second-order valence-corrected chi connectivity index (χ2v) is 5.91. The van der Waals surface area contributed by atoms with Gasteiger partial charge in [0.1, 0.15) is 11.4 Å². The van der Waals surface area contributed by atoms with Crippen molar-refractivity contribution in [3.8, 4) is 0 Å². The molecule has 1 heterocycles. The SMILES string of the molecule is COC[C@H](N)CNc1ncc(C(N)=O)c(Nc2ccc(Cl)c(C)c2)n1. The number of aryl methyl sites for hydroxylation is 1. The van der Waals surface area contributed by atoms with Crippen LogP contribution in [-0.2, 0) is 4.74 Å². The van der Waals surface area contributed by atoms with Crippen molar-refractivity contribution in [1.29, 1.82) is 0 Å². The molecule has 0 radical (unpaired) electrons. The molecular weight excluding hydrogens is 344 g/mol. The van der Waals surface area contributed by atoms with Gasteiger partial charge in [0.15, 0.2) is 0 Å². The highest BCUT2D eigenvalue weighted by Gasteiger charge is 2.13. The third kappa shape index (κ3) is 5.28. The maximum Gasteiger partial charge on any atom is 0.254 e. The van der Waals surface area contributed by atoms with Crippen molar-refractivity contribution < 1.29 is 9.53 Å². The van der Waals surface area contributed by atoms with E-state index >= 15 is 0 Å². The van der Waals surface area contributed by atoms with Gasteiger partial charge < -0.3 is 26.8 Å². The van der Waals surface area contributed by atoms with E-state index in [0.717, 1.165) is 11.3 Å². The molecule has 2 rings (SSSR count). The number of ether oxygens (including phenoxy) is 1. The number of hydrogen-bond acceptors (Lipinski definition) is 7. The van der Waals surface area contributed by atoms with Crippen molar-refractivity contribution in [3.63, 3.8) is 0 Å². The van der Waals surface area contributed by atoms with Crippen LogP contribution in [0.25, 0.3) is 0 Å². The number of rotatable bonds is 8. The van der Waals surface area contributed by atoms with Gasteiger partial charge in [0, 0.05) is 36.6 Å². The van der Waals surface area contributed by atoms with Crippen molar-refractivity contribution in [1.82, 2.24) is 9.97 Å². The van der Waals surface area contributed by atoms with Gasteiger partial charge in [-0.15, -0.1) is 0 Å². The van der Waals surface area contributed by atoms with E-state index in [9.17, 15) is 4.79 Å². The summed E-state index contributed by atoms with van der Waals surface area (Å²) in [5, 5.41) is 6.72. The predicted octanol–water partition coefficient (Wildman–Crippen LogP) is 1.67. The molecule has 0 bridgehead atoms. The summed E-state index contributed by atoms with van der Waals surface area (Å²) in [5.41, 5.74) is 13.1. The Bertz CT molecular complexity index is 755. The first-order valence-electron chi connectivity index (χ1n) is 7.59. The zero-order chi connectivity index (χ0) is 18.4. The molecule has 1 amide bonds. The van der Waals surface area contributed by atoms with E-state index in [-0.39, 0.29) is 11.6 Å². The van der Waals surface area contributed by atoms with E-state index in [1.807, 2.05) is 13.0 Å². The first-order valence-corrected chi connectivity index (χ1v) is 7.97. The summed E-state index contributed by atoms with van der Waals surface area (Å²) in [6.45, 7) is 2.71. The molecule has 0 aliphatic carbocycles. The number of nitrogens with zero attached hydrogens (tertiary/aromatic N) is 2. The Morgan fingerprint density at radius 1 is 1.44 bits per heavy atom. The molecular formula is C16H21ClN6O2. The molecule has 134 valence electrons. The van der Waals surface area contributed by atoms with E-state index in [4.69, 9.17) is 27.8 Å². The summed E-state index contributed by atoms with van der Waals surface area (Å²) in [4.78, 5) is 20.0. The van der Waals surface area contributed by atoms with Gasteiger partial charge in [0.25, 0.3) is 5.91 Å². The number of carbonyl (C=O) groups excluding carboxylic acids is 1. The first-order chi connectivity index (χ1) is 11.9. The Morgan fingerprint density at radius 2 is 2.20 bits per heavy atom. The normalized spacial score (nSPS) is 11.8.